The lowest BCUT2D eigenvalue weighted by molar-refractivity contribution is -0.136. The van der Waals surface area contributed by atoms with Crippen LogP contribution < -0.4 is 0 Å². The van der Waals surface area contributed by atoms with Crippen molar-refractivity contribution in [2.75, 3.05) is 19.6 Å². The number of piperidine rings is 1. The molecular weight excluding hydrogens is 370 g/mol. The van der Waals surface area contributed by atoms with Crippen molar-refractivity contribution < 1.29 is 14.7 Å². The highest BCUT2D eigenvalue weighted by Crippen LogP contribution is 2.39. The maximum atomic E-state index is 13.0. The van der Waals surface area contributed by atoms with Crippen LogP contribution in [0.4, 0.5) is 0 Å². The third kappa shape index (κ3) is 3.76. The number of aromatic nitrogens is 3. The highest BCUT2D eigenvalue weighted by Gasteiger charge is 2.45. The van der Waals surface area contributed by atoms with Crippen LogP contribution in [-0.4, -0.2) is 67.1 Å². The molecule has 8 heteroatoms. The van der Waals surface area contributed by atoms with E-state index in [2.05, 4.69) is 20.1 Å². The van der Waals surface area contributed by atoms with Gasteiger partial charge in [0.25, 0.3) is 5.91 Å². The molecule has 2 aromatic heterocycles. The van der Waals surface area contributed by atoms with E-state index in [1.165, 1.54) is 0 Å². The molecule has 8 nitrogen and oxygen atoms in total. The molecule has 2 fully saturated rings. The molecule has 0 saturated carbocycles. The molecule has 4 heterocycles. The Morgan fingerprint density at radius 3 is 2.72 bits per heavy atom. The van der Waals surface area contributed by atoms with E-state index in [-0.39, 0.29) is 24.0 Å². The van der Waals surface area contributed by atoms with Gasteiger partial charge in [-0.15, -0.1) is 0 Å². The minimum atomic E-state index is -0.183. The van der Waals surface area contributed by atoms with Crippen LogP contribution in [0.1, 0.15) is 53.0 Å². The Morgan fingerprint density at radius 1 is 1.24 bits per heavy atom. The van der Waals surface area contributed by atoms with E-state index in [1.807, 2.05) is 11.8 Å². The van der Waals surface area contributed by atoms with Crippen molar-refractivity contribution in [3.63, 3.8) is 0 Å². The Balaban J connectivity index is 1.42. The zero-order valence-electron chi connectivity index (χ0n) is 16.7. The number of nitrogens with one attached hydrogen (secondary N) is 1. The Kier molecular flexibility index (Phi) is 5.36. The van der Waals surface area contributed by atoms with Crippen molar-refractivity contribution in [3.05, 3.63) is 47.0 Å². The van der Waals surface area contributed by atoms with Crippen LogP contribution in [0.2, 0.25) is 0 Å². The van der Waals surface area contributed by atoms with Gasteiger partial charge in [-0.3, -0.25) is 19.7 Å². The average molecular weight is 397 g/mol. The molecule has 0 radical (unpaired) electrons. The second kappa shape index (κ2) is 7.94. The molecule has 0 atom stereocenters. The summed E-state index contributed by atoms with van der Waals surface area (Å²) in [5.74, 6) is 0.107. The van der Waals surface area contributed by atoms with Crippen molar-refractivity contribution in [2.24, 2.45) is 0 Å². The van der Waals surface area contributed by atoms with E-state index in [1.54, 1.807) is 24.5 Å². The Bertz CT molecular complexity index is 901. The summed E-state index contributed by atoms with van der Waals surface area (Å²) in [5, 5.41) is 16.2. The third-order valence-electron chi connectivity index (χ3n) is 6.38. The molecule has 2 saturated heterocycles. The lowest BCUT2D eigenvalue weighted by Gasteiger charge is -2.45. The predicted molar refractivity (Wildman–Crippen MR) is 106 cm³/mol. The van der Waals surface area contributed by atoms with Gasteiger partial charge < -0.3 is 14.9 Å². The van der Waals surface area contributed by atoms with Crippen LogP contribution in [0.3, 0.4) is 0 Å². The monoisotopic (exact) mass is 397 g/mol. The molecule has 1 spiro atoms. The van der Waals surface area contributed by atoms with E-state index in [0.717, 1.165) is 43.5 Å². The highest BCUT2D eigenvalue weighted by atomic mass is 16.3. The number of aromatic amines is 1. The number of carbonyl (C=O) groups is 2. The standard InChI is InChI=1S/C21H27N5O3/c1-15-17(13-23-24-15)12-19(28)26-8-2-4-21(26)5-9-25(10-6-21)20(29)16-3-7-22-18(11-16)14-27/h3,7,11,13,27H,2,4-6,8-10,12,14H2,1H3,(H,23,24). The van der Waals surface area contributed by atoms with Crippen molar-refractivity contribution in [1.29, 1.82) is 0 Å². The number of nitrogens with zero attached hydrogens (tertiary/aromatic N) is 4. The van der Waals surface area contributed by atoms with Gasteiger partial charge in [0.2, 0.25) is 5.91 Å². The van der Waals surface area contributed by atoms with Crippen LogP contribution in [-0.2, 0) is 17.8 Å². The zero-order chi connectivity index (χ0) is 20.4. The van der Waals surface area contributed by atoms with E-state index in [4.69, 9.17) is 0 Å². The van der Waals surface area contributed by atoms with Gasteiger partial charge in [-0.05, 0) is 44.7 Å². The Hall–Kier alpha value is -2.74. The summed E-state index contributed by atoms with van der Waals surface area (Å²) in [6.07, 6.45) is 7.25. The number of hydrogen-bond donors (Lipinski definition) is 2. The molecule has 2 aromatic rings. The fourth-order valence-corrected chi connectivity index (χ4v) is 4.67. The second-order valence-electron chi connectivity index (χ2n) is 8.06. The second-order valence-corrected chi connectivity index (χ2v) is 8.06. The molecule has 2 amide bonds. The Morgan fingerprint density at radius 2 is 2.03 bits per heavy atom. The molecule has 154 valence electrons. The van der Waals surface area contributed by atoms with Crippen molar-refractivity contribution in [2.45, 2.75) is 51.2 Å². The SMILES string of the molecule is Cc1[nH]ncc1CC(=O)N1CCCC12CCN(C(=O)c1ccnc(CO)c1)CC2. The smallest absolute Gasteiger partial charge is 0.253 e. The van der Waals surface area contributed by atoms with Gasteiger partial charge in [0.1, 0.15) is 0 Å². The van der Waals surface area contributed by atoms with Gasteiger partial charge in [-0.25, -0.2) is 0 Å². The third-order valence-corrected chi connectivity index (χ3v) is 6.38. The first-order valence-corrected chi connectivity index (χ1v) is 10.2. The van der Waals surface area contributed by atoms with Crippen molar-refractivity contribution in [1.82, 2.24) is 25.0 Å². The number of aliphatic hydroxyl groups is 1. The molecule has 29 heavy (non-hydrogen) atoms. The van der Waals surface area contributed by atoms with Crippen molar-refractivity contribution >= 4 is 11.8 Å². The summed E-state index contributed by atoms with van der Waals surface area (Å²) in [5.41, 5.74) is 2.79. The van der Waals surface area contributed by atoms with E-state index in [0.29, 0.717) is 30.8 Å². The van der Waals surface area contributed by atoms with Crippen LogP contribution in [0.25, 0.3) is 0 Å². The first-order chi connectivity index (χ1) is 14.0. The number of aryl methyl sites for hydroxylation is 1. The van der Waals surface area contributed by atoms with E-state index >= 15 is 0 Å². The average Bonchev–Trinajstić information content (AvgIpc) is 3.34. The lowest BCUT2D eigenvalue weighted by Crippen LogP contribution is -2.55. The van der Waals surface area contributed by atoms with Gasteiger partial charge in [0.15, 0.2) is 0 Å². The Labute approximate surface area is 169 Å². The summed E-state index contributed by atoms with van der Waals surface area (Å²) in [6.45, 7) is 3.79. The topological polar surface area (TPSA) is 102 Å². The fraction of sp³-hybridized carbons (Fsp3) is 0.524. The summed E-state index contributed by atoms with van der Waals surface area (Å²) in [4.78, 5) is 33.8. The molecule has 2 aliphatic heterocycles. The normalized spacial score (nSPS) is 18.4. The molecule has 0 unspecified atom stereocenters. The number of hydrogen-bond acceptors (Lipinski definition) is 5. The number of aliphatic hydroxyl groups excluding tert-OH is 1. The zero-order valence-corrected chi connectivity index (χ0v) is 16.7. The number of pyridine rings is 1. The quantitative estimate of drug-likeness (QED) is 0.813. The van der Waals surface area contributed by atoms with E-state index in [9.17, 15) is 14.7 Å². The summed E-state index contributed by atoms with van der Waals surface area (Å²) < 4.78 is 0. The molecule has 2 N–H and O–H groups in total. The minimum Gasteiger partial charge on any atom is -0.390 e. The number of rotatable bonds is 4. The van der Waals surface area contributed by atoms with Gasteiger partial charge in [-0.1, -0.05) is 0 Å². The summed E-state index contributed by atoms with van der Waals surface area (Å²) in [6, 6.07) is 3.33. The highest BCUT2D eigenvalue weighted by molar-refractivity contribution is 5.94. The van der Waals surface area contributed by atoms with Crippen LogP contribution in [0.15, 0.2) is 24.5 Å². The van der Waals surface area contributed by atoms with Crippen LogP contribution in [0.5, 0.6) is 0 Å². The number of likely N-dealkylation sites (tertiary alicyclic amines) is 2. The largest absolute Gasteiger partial charge is 0.390 e. The van der Waals surface area contributed by atoms with Crippen LogP contribution in [0, 0.1) is 6.92 Å². The molecule has 0 aliphatic carbocycles. The molecule has 0 aromatic carbocycles. The summed E-state index contributed by atoms with van der Waals surface area (Å²) >= 11 is 0. The predicted octanol–water partition coefficient (Wildman–Crippen LogP) is 1.45. The van der Waals surface area contributed by atoms with Gasteiger partial charge in [-0.2, -0.15) is 5.10 Å². The van der Waals surface area contributed by atoms with E-state index < -0.39 is 0 Å². The van der Waals surface area contributed by atoms with Crippen LogP contribution >= 0.6 is 0 Å². The number of H-pyrrole nitrogens is 1. The number of amides is 2. The maximum Gasteiger partial charge on any atom is 0.253 e. The van der Waals surface area contributed by atoms with Gasteiger partial charge >= 0.3 is 0 Å². The lowest BCUT2D eigenvalue weighted by atomic mass is 9.84. The summed E-state index contributed by atoms with van der Waals surface area (Å²) in [7, 11) is 0. The number of carbonyl (C=O) groups excluding carboxylic acids is 2. The molecular formula is C21H27N5O3. The minimum absolute atomic E-state index is 0.0400. The molecule has 4 rings (SSSR count). The van der Waals surface area contributed by atoms with Gasteiger partial charge in [0.05, 0.1) is 24.9 Å². The maximum absolute atomic E-state index is 13.0. The fourth-order valence-electron chi connectivity index (χ4n) is 4.67. The first-order valence-electron chi connectivity index (χ1n) is 10.2. The van der Waals surface area contributed by atoms with Crippen molar-refractivity contribution in [3.8, 4) is 0 Å². The molecule has 0 bridgehead atoms. The molecule has 2 aliphatic rings. The first kappa shape index (κ1) is 19.6. The van der Waals surface area contributed by atoms with Gasteiger partial charge in [0, 0.05) is 48.2 Å².